The van der Waals surface area contributed by atoms with Crippen LogP contribution in [0.5, 0.6) is 5.75 Å². The van der Waals surface area contributed by atoms with Gasteiger partial charge >= 0.3 is 6.09 Å². The molecule has 1 amide bonds. The van der Waals surface area contributed by atoms with Gasteiger partial charge in [-0.3, -0.25) is 0 Å². The molecule has 0 saturated carbocycles. The van der Waals surface area contributed by atoms with E-state index in [1.165, 1.54) is 0 Å². The largest absolute Gasteiger partial charge is 0.497 e. The van der Waals surface area contributed by atoms with Crippen molar-refractivity contribution < 1.29 is 14.3 Å². The van der Waals surface area contributed by atoms with Crippen LogP contribution in [0.4, 0.5) is 10.5 Å². The van der Waals surface area contributed by atoms with Crippen LogP contribution in [0.25, 0.3) is 0 Å². The summed E-state index contributed by atoms with van der Waals surface area (Å²) in [4.78, 5) is 13.0. The lowest BCUT2D eigenvalue weighted by Gasteiger charge is -2.23. The third kappa shape index (κ3) is 3.70. The van der Waals surface area contributed by atoms with Gasteiger partial charge in [-0.25, -0.2) is 9.69 Å². The van der Waals surface area contributed by atoms with Crippen LogP contribution in [0.15, 0.2) is 24.3 Å². The number of amides is 1. The van der Waals surface area contributed by atoms with Gasteiger partial charge < -0.3 is 9.47 Å². The summed E-state index contributed by atoms with van der Waals surface area (Å²) in [6.45, 7) is 5.35. The van der Waals surface area contributed by atoms with Crippen molar-refractivity contribution in [3.8, 4) is 18.2 Å². The van der Waals surface area contributed by atoms with Crippen LogP contribution < -0.4 is 9.64 Å². The summed E-state index contributed by atoms with van der Waals surface area (Å²) in [7, 11) is 1.55. The number of methoxy groups -OCH3 is 1. The fourth-order valence-corrected chi connectivity index (χ4v) is 1.29. The number of carbonyl (C=O) groups is 1. The topological polar surface area (TPSA) is 38.8 Å². The minimum atomic E-state index is -0.592. The van der Waals surface area contributed by atoms with Crippen LogP contribution >= 0.6 is 0 Å². The van der Waals surface area contributed by atoms with Gasteiger partial charge in [-0.2, -0.15) is 0 Å². The third-order valence-corrected chi connectivity index (χ3v) is 2.02. The highest BCUT2D eigenvalue weighted by Gasteiger charge is 2.22. The predicted molar refractivity (Wildman–Crippen MR) is 70.5 cm³/mol. The Bertz CT molecular complexity index is 469. The Morgan fingerprint density at radius 1 is 1.39 bits per heavy atom. The molecule has 0 aliphatic carbocycles. The lowest BCUT2D eigenvalue weighted by atomic mass is 10.2. The first-order valence-corrected chi connectivity index (χ1v) is 5.51. The summed E-state index contributed by atoms with van der Waals surface area (Å²) in [6.07, 6.45) is 4.77. The number of nitrogens with zero attached hydrogens (tertiary/aromatic N) is 1. The summed E-state index contributed by atoms with van der Waals surface area (Å²) >= 11 is 0. The maximum Gasteiger partial charge on any atom is 0.426 e. The van der Waals surface area contributed by atoms with Gasteiger partial charge in [-0.1, -0.05) is 12.5 Å². The summed E-state index contributed by atoms with van der Waals surface area (Å²) in [6, 6.07) is 9.20. The van der Waals surface area contributed by atoms with E-state index in [1.807, 2.05) is 0 Å². The zero-order valence-electron chi connectivity index (χ0n) is 11.1. The van der Waals surface area contributed by atoms with Crippen molar-refractivity contribution in [3.05, 3.63) is 24.3 Å². The molecule has 0 bridgehead atoms. The van der Waals surface area contributed by atoms with Crippen LogP contribution in [0.3, 0.4) is 0 Å². The Balaban J connectivity index is 2.96. The predicted octanol–water partition coefficient (Wildman–Crippen LogP) is 3.03. The summed E-state index contributed by atoms with van der Waals surface area (Å²) in [5.74, 6) is 0.622. The van der Waals surface area contributed by atoms with Gasteiger partial charge in [0.2, 0.25) is 0 Å². The van der Waals surface area contributed by atoms with Gasteiger partial charge in [0.15, 0.2) is 0 Å². The molecule has 96 valence electrons. The lowest BCUT2D eigenvalue weighted by molar-refractivity contribution is 0.0600. The summed E-state index contributed by atoms with van der Waals surface area (Å²) < 4.78 is 10.3. The van der Waals surface area contributed by atoms with Gasteiger partial charge in [-0.15, -0.1) is 0 Å². The average molecular weight is 247 g/mol. The zero-order chi connectivity index (χ0) is 13.8. The number of terminal acetylenes is 1. The second-order valence-electron chi connectivity index (χ2n) is 4.65. The molecule has 1 aromatic rings. The molecule has 0 aliphatic rings. The molecule has 0 unspecified atom stereocenters. The van der Waals surface area contributed by atoms with E-state index in [1.54, 1.807) is 52.1 Å². The first-order chi connectivity index (χ1) is 8.37. The van der Waals surface area contributed by atoms with Crippen molar-refractivity contribution in [2.45, 2.75) is 26.4 Å². The molecule has 0 N–H and O–H groups in total. The van der Waals surface area contributed by atoms with Crippen LogP contribution in [-0.2, 0) is 4.74 Å². The molecule has 4 heteroatoms. The van der Waals surface area contributed by atoms with E-state index in [0.717, 1.165) is 4.90 Å². The number of hydrogen-bond donors (Lipinski definition) is 0. The summed E-state index contributed by atoms with van der Waals surface area (Å²) in [5.41, 5.74) is -0.0588. The zero-order valence-corrected chi connectivity index (χ0v) is 11.1. The minimum absolute atomic E-state index is 0.533. The molecule has 18 heavy (non-hydrogen) atoms. The van der Waals surface area contributed by atoms with Gasteiger partial charge in [0.25, 0.3) is 0 Å². The Morgan fingerprint density at radius 2 is 2.06 bits per heavy atom. The highest BCUT2D eigenvalue weighted by atomic mass is 16.6. The fourth-order valence-electron chi connectivity index (χ4n) is 1.29. The van der Waals surface area contributed by atoms with Crippen molar-refractivity contribution >= 4 is 11.8 Å². The van der Waals surface area contributed by atoms with Crippen LogP contribution in [0, 0.1) is 12.5 Å². The Morgan fingerprint density at radius 3 is 2.56 bits per heavy atom. The van der Waals surface area contributed by atoms with Crippen molar-refractivity contribution in [2.75, 3.05) is 12.0 Å². The molecule has 0 radical (unpaired) electrons. The van der Waals surface area contributed by atoms with E-state index < -0.39 is 11.7 Å². The number of carbonyl (C=O) groups excluding carboxylic acids is 1. The second kappa shape index (κ2) is 5.46. The average Bonchev–Trinajstić information content (AvgIpc) is 2.28. The standard InChI is InChI=1S/C14H17NO3/c1-6-15(13(16)18-14(2,3)4)11-8-7-9-12(10-11)17-5/h1,7-10H,2-5H3. The van der Waals surface area contributed by atoms with E-state index in [0.29, 0.717) is 11.4 Å². The SMILES string of the molecule is C#CN(C(=O)OC(C)(C)C)c1cccc(OC)c1. The quantitative estimate of drug-likeness (QED) is 0.595. The maximum atomic E-state index is 11.9. The second-order valence-corrected chi connectivity index (χ2v) is 4.65. The highest BCUT2D eigenvalue weighted by molar-refractivity contribution is 5.91. The molecular formula is C14H17NO3. The van der Waals surface area contributed by atoms with Crippen molar-refractivity contribution in [3.63, 3.8) is 0 Å². The molecular weight excluding hydrogens is 230 g/mol. The smallest absolute Gasteiger partial charge is 0.426 e. The number of hydrogen-bond acceptors (Lipinski definition) is 3. The van der Waals surface area contributed by atoms with Crippen molar-refractivity contribution in [1.82, 2.24) is 0 Å². The Labute approximate surface area is 107 Å². The minimum Gasteiger partial charge on any atom is -0.497 e. The first kappa shape index (κ1) is 13.9. The molecule has 0 atom stereocenters. The molecule has 1 rings (SSSR count). The van der Waals surface area contributed by atoms with Crippen LogP contribution in [0.1, 0.15) is 20.8 Å². The van der Waals surface area contributed by atoms with E-state index in [-0.39, 0.29) is 0 Å². The molecule has 0 saturated heterocycles. The highest BCUT2D eigenvalue weighted by Crippen LogP contribution is 2.22. The fraction of sp³-hybridized carbons (Fsp3) is 0.357. The molecule has 0 spiro atoms. The van der Waals surface area contributed by atoms with E-state index in [2.05, 4.69) is 6.04 Å². The molecule has 1 aromatic carbocycles. The van der Waals surface area contributed by atoms with Gasteiger partial charge in [0, 0.05) is 12.1 Å². The van der Waals surface area contributed by atoms with Gasteiger partial charge in [0.05, 0.1) is 12.8 Å². The van der Waals surface area contributed by atoms with E-state index >= 15 is 0 Å². The lowest BCUT2D eigenvalue weighted by Crippen LogP contribution is -2.33. The molecule has 0 aliphatic heterocycles. The van der Waals surface area contributed by atoms with Crippen LogP contribution in [0.2, 0.25) is 0 Å². The molecule has 0 aromatic heterocycles. The molecule has 4 nitrogen and oxygen atoms in total. The normalized spacial score (nSPS) is 10.4. The number of ether oxygens (including phenoxy) is 2. The molecule has 0 heterocycles. The van der Waals surface area contributed by atoms with Gasteiger partial charge in [0.1, 0.15) is 11.4 Å². The first-order valence-electron chi connectivity index (χ1n) is 5.51. The number of benzene rings is 1. The Hall–Kier alpha value is -2.15. The monoisotopic (exact) mass is 247 g/mol. The third-order valence-electron chi connectivity index (χ3n) is 2.02. The van der Waals surface area contributed by atoms with E-state index in [9.17, 15) is 4.79 Å². The van der Waals surface area contributed by atoms with Gasteiger partial charge in [-0.05, 0) is 32.9 Å². The van der Waals surface area contributed by atoms with Crippen LogP contribution in [-0.4, -0.2) is 18.8 Å². The summed E-state index contributed by atoms with van der Waals surface area (Å²) in [5, 5.41) is 0. The van der Waals surface area contributed by atoms with Crippen molar-refractivity contribution in [1.29, 1.82) is 0 Å². The molecule has 0 fully saturated rings. The number of anilines is 1. The van der Waals surface area contributed by atoms with Crippen molar-refractivity contribution in [2.24, 2.45) is 0 Å². The maximum absolute atomic E-state index is 11.9. The number of rotatable bonds is 2. The Kier molecular flexibility index (Phi) is 4.22. The van der Waals surface area contributed by atoms with E-state index in [4.69, 9.17) is 15.9 Å².